The molecule has 0 aliphatic carbocycles. The normalized spacial score (nSPS) is 12.0. The van der Waals surface area contributed by atoms with Crippen molar-refractivity contribution in [2.75, 3.05) is 6.54 Å². The van der Waals surface area contributed by atoms with Crippen LogP contribution in [0.1, 0.15) is 0 Å². The third-order valence-corrected chi connectivity index (χ3v) is 0.617. The minimum absolute atomic E-state index is 0.0718. The highest BCUT2D eigenvalue weighted by Gasteiger charge is 2.18. The van der Waals surface area contributed by atoms with Gasteiger partial charge in [-0.25, -0.2) is 0 Å². The Bertz CT molecular complexity index is 49.4. The fourth-order valence-corrected chi connectivity index (χ4v) is 0.269. The molecule has 2 radical (unpaired) electrons. The lowest BCUT2D eigenvalue weighted by atomic mass is 10.8. The first-order valence-corrected chi connectivity index (χ1v) is 2.59. The average molecular weight is 161 g/mol. The standard InChI is InChI=1S/C2H3Cl3N2/c3-2(4,5)1-7-6/h6H,1H2. The van der Waals surface area contributed by atoms with E-state index in [2.05, 4.69) is 5.43 Å². The molecule has 0 atom stereocenters. The van der Waals surface area contributed by atoms with Crippen molar-refractivity contribution in [2.24, 2.45) is 0 Å². The number of rotatable bonds is 1. The van der Waals surface area contributed by atoms with Gasteiger partial charge in [0.05, 0.1) is 6.54 Å². The summed E-state index contributed by atoms with van der Waals surface area (Å²) in [5, 5.41) is 0. The van der Waals surface area contributed by atoms with E-state index in [1.165, 1.54) is 0 Å². The number of nitrogens with zero attached hydrogens (tertiary/aromatic N) is 1. The Morgan fingerprint density at radius 1 is 1.43 bits per heavy atom. The Morgan fingerprint density at radius 3 is 1.86 bits per heavy atom. The topological polar surface area (TPSA) is 37.9 Å². The zero-order chi connectivity index (χ0) is 5.91. The predicted molar refractivity (Wildman–Crippen MR) is 30.4 cm³/mol. The van der Waals surface area contributed by atoms with Crippen LogP contribution in [0, 0.1) is 0 Å². The Balaban J connectivity index is 3.15. The molecule has 42 valence electrons. The van der Waals surface area contributed by atoms with Crippen LogP contribution in [0.2, 0.25) is 0 Å². The summed E-state index contributed by atoms with van der Waals surface area (Å²) < 4.78 is -1.39. The summed E-state index contributed by atoms with van der Waals surface area (Å²) in [4.78, 5) is 0. The van der Waals surface area contributed by atoms with Gasteiger partial charge in [0.1, 0.15) is 0 Å². The van der Waals surface area contributed by atoms with Gasteiger partial charge in [-0.15, -0.1) is 5.43 Å². The second-order valence-electron chi connectivity index (χ2n) is 0.931. The second kappa shape index (κ2) is 2.95. The summed E-state index contributed by atoms with van der Waals surface area (Å²) in [6.07, 6.45) is 0. The largest absolute Gasteiger partial charge is 0.206 e. The van der Waals surface area contributed by atoms with Crippen molar-refractivity contribution in [2.45, 2.75) is 3.79 Å². The summed E-state index contributed by atoms with van der Waals surface area (Å²) in [5.74, 6) is 6.23. The first-order valence-electron chi connectivity index (χ1n) is 1.46. The molecular formula is C2H3Cl3N2. The van der Waals surface area contributed by atoms with Crippen LogP contribution in [0.3, 0.4) is 0 Å². The van der Waals surface area contributed by atoms with E-state index in [0.717, 1.165) is 0 Å². The zero-order valence-electron chi connectivity index (χ0n) is 3.29. The van der Waals surface area contributed by atoms with Crippen LogP contribution in [0.25, 0.3) is 0 Å². The van der Waals surface area contributed by atoms with Crippen LogP contribution in [0.4, 0.5) is 0 Å². The number of halogens is 3. The second-order valence-corrected chi connectivity index (χ2v) is 3.45. The smallest absolute Gasteiger partial charge is 0.161 e. The molecule has 5 heteroatoms. The van der Waals surface area contributed by atoms with Crippen molar-refractivity contribution in [3.05, 3.63) is 0 Å². The molecule has 0 rings (SSSR count). The van der Waals surface area contributed by atoms with Crippen LogP contribution < -0.4 is 11.3 Å². The van der Waals surface area contributed by atoms with Gasteiger partial charge in [-0.05, 0) is 0 Å². The number of hydrogen-bond acceptors (Lipinski definition) is 0. The van der Waals surface area contributed by atoms with Gasteiger partial charge in [-0.3, -0.25) is 0 Å². The summed E-state index contributed by atoms with van der Waals surface area (Å²) >= 11 is 15.5. The van der Waals surface area contributed by atoms with Crippen molar-refractivity contribution in [1.29, 1.82) is 0 Å². The molecule has 0 saturated heterocycles. The number of nitrogens with one attached hydrogen (secondary N) is 1. The van der Waals surface area contributed by atoms with Gasteiger partial charge >= 0.3 is 0 Å². The SMILES string of the molecule is [NH][N]CC(Cl)(Cl)Cl. The zero-order valence-corrected chi connectivity index (χ0v) is 5.56. The Hall–Kier alpha value is 0.790. The molecule has 0 spiro atoms. The van der Waals surface area contributed by atoms with Gasteiger partial charge in [0.15, 0.2) is 0 Å². The van der Waals surface area contributed by atoms with Crippen molar-refractivity contribution in [1.82, 2.24) is 11.3 Å². The molecule has 0 fully saturated rings. The van der Waals surface area contributed by atoms with Crippen LogP contribution in [-0.4, -0.2) is 10.3 Å². The lowest BCUT2D eigenvalue weighted by Gasteiger charge is -2.04. The highest BCUT2D eigenvalue weighted by atomic mass is 35.6. The molecule has 0 aromatic rings. The minimum atomic E-state index is -1.39. The van der Waals surface area contributed by atoms with Crippen molar-refractivity contribution in [3.63, 3.8) is 0 Å². The number of alkyl halides is 3. The summed E-state index contributed by atoms with van der Waals surface area (Å²) in [6.45, 7) is -0.0718. The third kappa shape index (κ3) is 6.79. The first kappa shape index (κ1) is 7.79. The fourth-order valence-electron chi connectivity index (χ4n) is 0.0896. The van der Waals surface area contributed by atoms with Gasteiger partial charge in [0.25, 0.3) is 0 Å². The van der Waals surface area contributed by atoms with E-state index < -0.39 is 3.79 Å². The monoisotopic (exact) mass is 160 g/mol. The first-order chi connectivity index (χ1) is 3.06. The quantitative estimate of drug-likeness (QED) is 0.409. The average Bonchev–Trinajstić information content (AvgIpc) is 1.30. The van der Waals surface area contributed by atoms with Crippen LogP contribution in [0.5, 0.6) is 0 Å². The van der Waals surface area contributed by atoms with Gasteiger partial charge in [-0.1, -0.05) is 34.8 Å². The van der Waals surface area contributed by atoms with E-state index in [1.807, 2.05) is 0 Å². The van der Waals surface area contributed by atoms with Gasteiger partial charge in [-0.2, -0.15) is 5.84 Å². The molecule has 0 amide bonds. The van der Waals surface area contributed by atoms with E-state index in [0.29, 0.717) is 0 Å². The molecule has 0 aromatic heterocycles. The van der Waals surface area contributed by atoms with E-state index in [9.17, 15) is 0 Å². The van der Waals surface area contributed by atoms with Crippen LogP contribution in [-0.2, 0) is 0 Å². The minimum Gasteiger partial charge on any atom is -0.161 e. The fraction of sp³-hybridized carbons (Fsp3) is 1.00. The maximum absolute atomic E-state index is 6.23. The Labute approximate surface area is 56.9 Å². The van der Waals surface area contributed by atoms with Crippen LogP contribution in [0.15, 0.2) is 0 Å². The Kier molecular flexibility index (Phi) is 3.28. The van der Waals surface area contributed by atoms with Gasteiger partial charge < -0.3 is 0 Å². The molecule has 0 aliphatic heterocycles. The molecule has 7 heavy (non-hydrogen) atoms. The predicted octanol–water partition coefficient (Wildman–Crippen LogP) is 1.16. The van der Waals surface area contributed by atoms with E-state index in [-0.39, 0.29) is 6.54 Å². The van der Waals surface area contributed by atoms with E-state index in [1.54, 1.807) is 0 Å². The van der Waals surface area contributed by atoms with Crippen LogP contribution >= 0.6 is 34.8 Å². The summed E-state index contributed by atoms with van der Waals surface area (Å²) in [7, 11) is 0. The lowest BCUT2D eigenvalue weighted by Crippen LogP contribution is -2.18. The van der Waals surface area contributed by atoms with Crippen molar-refractivity contribution in [3.8, 4) is 0 Å². The highest BCUT2D eigenvalue weighted by molar-refractivity contribution is 6.67. The number of hydrogen-bond donors (Lipinski definition) is 0. The molecule has 1 N–H and O–H groups in total. The molecule has 2 nitrogen and oxygen atoms in total. The molecule has 0 saturated carbocycles. The van der Waals surface area contributed by atoms with Gasteiger partial charge in [0, 0.05) is 0 Å². The van der Waals surface area contributed by atoms with Gasteiger partial charge in [0.2, 0.25) is 3.79 Å². The lowest BCUT2D eigenvalue weighted by molar-refractivity contribution is 0.702. The molecular weight excluding hydrogens is 158 g/mol. The third-order valence-electron chi connectivity index (χ3n) is 0.258. The van der Waals surface area contributed by atoms with E-state index >= 15 is 0 Å². The molecule has 0 unspecified atom stereocenters. The molecule has 0 aromatic carbocycles. The summed E-state index contributed by atoms with van der Waals surface area (Å²) in [6, 6.07) is 0. The maximum Gasteiger partial charge on any atom is 0.206 e. The van der Waals surface area contributed by atoms with Crippen molar-refractivity contribution >= 4 is 34.8 Å². The molecule has 0 bridgehead atoms. The Morgan fingerprint density at radius 2 is 1.86 bits per heavy atom. The van der Waals surface area contributed by atoms with E-state index in [4.69, 9.17) is 40.6 Å². The summed E-state index contributed by atoms with van der Waals surface area (Å²) in [5.41, 5.74) is 2.86. The molecule has 0 heterocycles. The molecule has 0 aliphatic rings. The van der Waals surface area contributed by atoms with Crippen molar-refractivity contribution < 1.29 is 0 Å². The highest BCUT2D eigenvalue weighted by Crippen LogP contribution is 2.24. The maximum atomic E-state index is 6.23.